The van der Waals surface area contributed by atoms with Crippen molar-refractivity contribution in [3.8, 4) is 0 Å². The van der Waals surface area contributed by atoms with Crippen LogP contribution in [0.25, 0.3) is 0 Å². The predicted molar refractivity (Wildman–Crippen MR) is 92.3 cm³/mol. The van der Waals surface area contributed by atoms with Gasteiger partial charge in [0.2, 0.25) is 0 Å². The number of benzene rings is 2. The minimum absolute atomic E-state index is 0.120. The molecule has 2 aromatic rings. The summed E-state index contributed by atoms with van der Waals surface area (Å²) < 4.78 is 0. The van der Waals surface area contributed by atoms with Crippen LogP contribution in [0.3, 0.4) is 0 Å². The third-order valence-corrected chi connectivity index (χ3v) is 4.20. The van der Waals surface area contributed by atoms with E-state index in [2.05, 4.69) is 5.10 Å². The molecule has 0 fully saturated rings. The van der Waals surface area contributed by atoms with Crippen molar-refractivity contribution in [2.75, 3.05) is 0 Å². The molecule has 1 heterocycles. The van der Waals surface area contributed by atoms with E-state index in [1.54, 1.807) is 31.2 Å². The number of hydrazone groups is 1. The van der Waals surface area contributed by atoms with Crippen molar-refractivity contribution in [1.82, 2.24) is 5.01 Å². The molecule has 128 valence electrons. The van der Waals surface area contributed by atoms with E-state index in [1.807, 2.05) is 0 Å². The molecule has 1 N–H and O–H groups in total. The molecule has 1 aliphatic rings. The summed E-state index contributed by atoms with van der Waals surface area (Å²) in [5.74, 6) is -0.552. The molecule has 8 heteroatoms. The molecular formula is C17H14ClN3O4. The van der Waals surface area contributed by atoms with Crippen LogP contribution >= 0.6 is 11.6 Å². The second-order valence-electron chi connectivity index (χ2n) is 5.76. The van der Waals surface area contributed by atoms with Crippen molar-refractivity contribution in [3.05, 3.63) is 74.8 Å². The third kappa shape index (κ3) is 3.11. The van der Waals surface area contributed by atoms with E-state index >= 15 is 0 Å². The maximum atomic E-state index is 12.8. The Morgan fingerprint density at radius 3 is 2.40 bits per heavy atom. The molecule has 7 nitrogen and oxygen atoms in total. The van der Waals surface area contributed by atoms with Crippen molar-refractivity contribution in [1.29, 1.82) is 0 Å². The highest BCUT2D eigenvalue weighted by molar-refractivity contribution is 6.30. The Labute approximate surface area is 148 Å². The second kappa shape index (κ2) is 6.27. The molecule has 1 atom stereocenters. The maximum absolute atomic E-state index is 12.8. The normalized spacial score (nSPS) is 19.6. The number of carbonyl (C=O) groups is 1. The zero-order valence-corrected chi connectivity index (χ0v) is 14.0. The molecule has 0 aliphatic carbocycles. The number of nitro groups is 1. The van der Waals surface area contributed by atoms with Gasteiger partial charge in [0.25, 0.3) is 11.6 Å². The SMILES string of the molecule is CC1=NN(C(=O)c2ccc([N+](=O)[O-])cc2)C(O)(c2ccc(Cl)cc2)C1. The van der Waals surface area contributed by atoms with Crippen molar-refractivity contribution in [3.63, 3.8) is 0 Å². The number of amides is 1. The van der Waals surface area contributed by atoms with Crippen LogP contribution in [0, 0.1) is 10.1 Å². The van der Waals surface area contributed by atoms with Crippen molar-refractivity contribution >= 4 is 28.9 Å². The number of hydrogen-bond acceptors (Lipinski definition) is 5. The monoisotopic (exact) mass is 359 g/mol. The Balaban J connectivity index is 1.96. The van der Waals surface area contributed by atoms with E-state index < -0.39 is 16.6 Å². The topological polar surface area (TPSA) is 96.0 Å². The number of halogens is 1. The highest BCUT2D eigenvalue weighted by atomic mass is 35.5. The lowest BCUT2D eigenvalue weighted by Gasteiger charge is -2.31. The summed E-state index contributed by atoms with van der Waals surface area (Å²) >= 11 is 5.88. The Morgan fingerprint density at radius 1 is 1.24 bits per heavy atom. The van der Waals surface area contributed by atoms with Crippen molar-refractivity contribution in [2.45, 2.75) is 19.1 Å². The van der Waals surface area contributed by atoms with Gasteiger partial charge in [0.05, 0.1) is 4.92 Å². The van der Waals surface area contributed by atoms with E-state index in [1.165, 1.54) is 24.3 Å². The number of carbonyl (C=O) groups excluding carboxylic acids is 1. The molecule has 0 saturated heterocycles. The summed E-state index contributed by atoms with van der Waals surface area (Å²) in [6, 6.07) is 11.7. The van der Waals surface area contributed by atoms with E-state index in [0.29, 0.717) is 16.3 Å². The van der Waals surface area contributed by atoms with Gasteiger partial charge in [-0.05, 0) is 31.2 Å². The number of non-ortho nitro benzene ring substituents is 1. The molecule has 0 radical (unpaired) electrons. The molecule has 0 saturated carbocycles. The highest BCUT2D eigenvalue weighted by Crippen LogP contribution is 2.36. The van der Waals surface area contributed by atoms with Gasteiger partial charge in [-0.1, -0.05) is 23.7 Å². The molecule has 0 bridgehead atoms. The molecule has 1 amide bonds. The summed E-state index contributed by atoms with van der Waals surface area (Å²) in [5, 5.41) is 27.5. The lowest BCUT2D eigenvalue weighted by Crippen LogP contribution is -2.43. The van der Waals surface area contributed by atoms with Crippen molar-refractivity contribution in [2.24, 2.45) is 5.10 Å². The Hall–Kier alpha value is -2.77. The van der Waals surface area contributed by atoms with E-state index in [-0.39, 0.29) is 17.7 Å². The molecule has 1 unspecified atom stereocenters. The average molecular weight is 360 g/mol. The molecule has 1 aliphatic heterocycles. The molecule has 0 aromatic heterocycles. The first kappa shape index (κ1) is 17.1. The smallest absolute Gasteiger partial charge is 0.276 e. The Morgan fingerprint density at radius 2 is 1.84 bits per heavy atom. The van der Waals surface area contributed by atoms with Crippen molar-refractivity contribution < 1.29 is 14.8 Å². The van der Waals surface area contributed by atoms with Gasteiger partial charge >= 0.3 is 0 Å². The van der Waals surface area contributed by atoms with Crippen LogP contribution in [0.2, 0.25) is 5.02 Å². The number of aliphatic hydroxyl groups is 1. The van der Waals surface area contributed by atoms with Crippen LogP contribution in [0.1, 0.15) is 29.3 Å². The fourth-order valence-corrected chi connectivity index (χ4v) is 2.85. The quantitative estimate of drug-likeness (QED) is 0.671. The summed E-state index contributed by atoms with van der Waals surface area (Å²) in [7, 11) is 0. The average Bonchev–Trinajstić information content (AvgIpc) is 2.90. The van der Waals surface area contributed by atoms with Crippen LogP contribution in [0.5, 0.6) is 0 Å². The zero-order valence-electron chi connectivity index (χ0n) is 13.2. The van der Waals surface area contributed by atoms with Gasteiger partial charge in [0.1, 0.15) is 0 Å². The number of nitro benzene ring substituents is 1. The summed E-state index contributed by atoms with van der Waals surface area (Å²) in [6.07, 6.45) is 0.160. The fourth-order valence-electron chi connectivity index (χ4n) is 2.72. The first-order valence-electron chi connectivity index (χ1n) is 7.43. The van der Waals surface area contributed by atoms with Gasteiger partial charge in [-0.25, -0.2) is 0 Å². The first-order valence-corrected chi connectivity index (χ1v) is 7.80. The molecule has 2 aromatic carbocycles. The number of rotatable bonds is 3. The minimum atomic E-state index is -1.63. The molecule has 0 spiro atoms. The number of nitrogens with zero attached hydrogens (tertiary/aromatic N) is 3. The van der Waals surface area contributed by atoms with Crippen LogP contribution in [-0.4, -0.2) is 26.7 Å². The lowest BCUT2D eigenvalue weighted by molar-refractivity contribution is -0.384. The van der Waals surface area contributed by atoms with Crippen LogP contribution in [0.4, 0.5) is 5.69 Å². The predicted octanol–water partition coefficient (Wildman–Crippen LogP) is 3.32. The zero-order chi connectivity index (χ0) is 18.2. The second-order valence-corrected chi connectivity index (χ2v) is 6.19. The third-order valence-electron chi connectivity index (χ3n) is 3.95. The van der Waals surface area contributed by atoms with Gasteiger partial charge in [-0.2, -0.15) is 10.1 Å². The van der Waals surface area contributed by atoms with Gasteiger partial charge < -0.3 is 5.11 Å². The molecular weight excluding hydrogens is 346 g/mol. The Bertz CT molecular complexity index is 864. The van der Waals surface area contributed by atoms with Gasteiger partial charge in [0, 0.05) is 40.4 Å². The standard InChI is InChI=1S/C17H14ClN3O4/c1-11-10-17(23,13-4-6-14(18)7-5-13)20(19-11)16(22)12-2-8-15(9-3-12)21(24)25/h2-9,23H,10H2,1H3. The summed E-state index contributed by atoms with van der Waals surface area (Å²) in [5.41, 5.74) is -0.490. The van der Waals surface area contributed by atoms with Crippen LogP contribution < -0.4 is 0 Å². The van der Waals surface area contributed by atoms with E-state index in [4.69, 9.17) is 11.6 Å². The van der Waals surface area contributed by atoms with Gasteiger partial charge in [-0.15, -0.1) is 0 Å². The summed E-state index contributed by atoms with van der Waals surface area (Å²) in [6.45, 7) is 1.71. The van der Waals surface area contributed by atoms with Crippen LogP contribution in [0.15, 0.2) is 53.6 Å². The molecule has 3 rings (SSSR count). The summed E-state index contributed by atoms with van der Waals surface area (Å²) in [4.78, 5) is 23.0. The van der Waals surface area contributed by atoms with Gasteiger partial charge in [0.15, 0.2) is 5.72 Å². The first-order chi connectivity index (χ1) is 11.8. The van der Waals surface area contributed by atoms with E-state index in [9.17, 15) is 20.0 Å². The van der Waals surface area contributed by atoms with Gasteiger partial charge in [-0.3, -0.25) is 14.9 Å². The van der Waals surface area contributed by atoms with E-state index in [0.717, 1.165) is 5.01 Å². The largest absolute Gasteiger partial charge is 0.365 e. The minimum Gasteiger partial charge on any atom is -0.365 e. The molecule has 25 heavy (non-hydrogen) atoms. The fraction of sp³-hybridized carbons (Fsp3) is 0.176. The Kier molecular flexibility index (Phi) is 4.28. The maximum Gasteiger partial charge on any atom is 0.276 e. The lowest BCUT2D eigenvalue weighted by atomic mass is 9.97. The highest BCUT2D eigenvalue weighted by Gasteiger charge is 2.45. The van der Waals surface area contributed by atoms with Crippen LogP contribution in [-0.2, 0) is 5.72 Å². The number of hydrogen-bond donors (Lipinski definition) is 1.